The summed E-state index contributed by atoms with van der Waals surface area (Å²) in [4.78, 5) is 27.1. The Morgan fingerprint density at radius 3 is 2.48 bits per heavy atom. The van der Waals surface area contributed by atoms with Crippen molar-refractivity contribution in [2.24, 2.45) is 11.7 Å². The number of halogens is 1. The van der Waals surface area contributed by atoms with E-state index in [2.05, 4.69) is 5.32 Å². The van der Waals surface area contributed by atoms with Crippen LogP contribution in [-0.4, -0.2) is 42.9 Å². The molecule has 1 aliphatic rings. The van der Waals surface area contributed by atoms with Crippen LogP contribution in [-0.2, 0) is 4.79 Å². The van der Waals surface area contributed by atoms with Gasteiger partial charge in [-0.25, -0.2) is 0 Å². The molecule has 0 spiro atoms. The maximum absolute atomic E-state index is 12.9. The molecule has 3 rings (SSSR count). The molecular formula is C21H28ClN3O2. The van der Waals surface area contributed by atoms with Gasteiger partial charge in [-0.15, -0.1) is 12.4 Å². The third-order valence-electron chi connectivity index (χ3n) is 5.10. The summed E-state index contributed by atoms with van der Waals surface area (Å²) in [5, 5.41) is 5.05. The molecule has 0 saturated carbocycles. The molecule has 0 radical (unpaired) electrons. The second kappa shape index (κ2) is 10.3. The Balaban J connectivity index is 0.00000261. The lowest BCUT2D eigenvalue weighted by atomic mass is 9.94. The van der Waals surface area contributed by atoms with Crippen LogP contribution in [0, 0.1) is 5.92 Å². The Labute approximate surface area is 166 Å². The van der Waals surface area contributed by atoms with E-state index in [0.29, 0.717) is 26.2 Å². The summed E-state index contributed by atoms with van der Waals surface area (Å²) in [6.45, 7) is 2.60. The van der Waals surface area contributed by atoms with Crippen LogP contribution in [0.15, 0.2) is 42.5 Å². The van der Waals surface area contributed by atoms with Crippen LogP contribution in [0.4, 0.5) is 0 Å². The van der Waals surface area contributed by atoms with E-state index in [4.69, 9.17) is 5.73 Å². The standard InChI is InChI=1S/C21H27N3O2.ClH/c22-12-3-4-13-23-20(25)17-10-14-24(15-11-17)21(26)19-9-5-7-16-6-1-2-8-18(16)19;/h1-2,5-9,17H,3-4,10-15,22H2,(H,23,25);1H. The summed E-state index contributed by atoms with van der Waals surface area (Å²) in [5.41, 5.74) is 6.21. The van der Waals surface area contributed by atoms with Crippen molar-refractivity contribution in [2.45, 2.75) is 25.7 Å². The van der Waals surface area contributed by atoms with Gasteiger partial charge in [-0.05, 0) is 49.1 Å². The lowest BCUT2D eigenvalue weighted by molar-refractivity contribution is -0.126. The molecule has 27 heavy (non-hydrogen) atoms. The molecule has 6 heteroatoms. The Hall–Kier alpha value is -2.11. The van der Waals surface area contributed by atoms with Gasteiger partial charge in [-0.1, -0.05) is 36.4 Å². The second-order valence-corrected chi connectivity index (χ2v) is 6.88. The van der Waals surface area contributed by atoms with E-state index in [9.17, 15) is 9.59 Å². The molecular weight excluding hydrogens is 362 g/mol. The number of nitrogens with two attached hydrogens (primary N) is 1. The van der Waals surface area contributed by atoms with Gasteiger partial charge >= 0.3 is 0 Å². The molecule has 146 valence electrons. The lowest BCUT2D eigenvalue weighted by Gasteiger charge is -2.31. The van der Waals surface area contributed by atoms with Gasteiger partial charge in [-0.2, -0.15) is 0 Å². The van der Waals surface area contributed by atoms with Gasteiger partial charge in [0.25, 0.3) is 5.91 Å². The van der Waals surface area contributed by atoms with Crippen molar-refractivity contribution < 1.29 is 9.59 Å². The zero-order valence-corrected chi connectivity index (χ0v) is 16.3. The number of likely N-dealkylation sites (tertiary alicyclic amines) is 1. The molecule has 0 atom stereocenters. The van der Waals surface area contributed by atoms with Crippen LogP contribution in [0.1, 0.15) is 36.0 Å². The molecule has 2 aromatic carbocycles. The Morgan fingerprint density at radius 2 is 1.74 bits per heavy atom. The van der Waals surface area contributed by atoms with E-state index < -0.39 is 0 Å². The summed E-state index contributed by atoms with van der Waals surface area (Å²) in [5.74, 6) is 0.173. The van der Waals surface area contributed by atoms with Crippen molar-refractivity contribution in [1.29, 1.82) is 0 Å². The van der Waals surface area contributed by atoms with Crippen LogP contribution >= 0.6 is 12.4 Å². The molecule has 0 aliphatic carbocycles. The van der Waals surface area contributed by atoms with Gasteiger partial charge in [0, 0.05) is 31.1 Å². The number of rotatable bonds is 6. The number of benzene rings is 2. The molecule has 1 aliphatic heterocycles. The average molecular weight is 390 g/mol. The van der Waals surface area contributed by atoms with Crippen molar-refractivity contribution in [3.63, 3.8) is 0 Å². The number of hydrogen-bond acceptors (Lipinski definition) is 3. The van der Waals surface area contributed by atoms with Gasteiger partial charge < -0.3 is 16.0 Å². The zero-order valence-electron chi connectivity index (χ0n) is 15.5. The highest BCUT2D eigenvalue weighted by Crippen LogP contribution is 2.23. The van der Waals surface area contributed by atoms with Crippen LogP contribution < -0.4 is 11.1 Å². The highest BCUT2D eigenvalue weighted by atomic mass is 35.5. The molecule has 5 nitrogen and oxygen atoms in total. The molecule has 1 saturated heterocycles. The van der Waals surface area contributed by atoms with Gasteiger partial charge in [-0.3, -0.25) is 9.59 Å². The van der Waals surface area contributed by atoms with Gasteiger partial charge in [0.05, 0.1) is 0 Å². The topological polar surface area (TPSA) is 75.4 Å². The van der Waals surface area contributed by atoms with Crippen molar-refractivity contribution in [3.05, 3.63) is 48.0 Å². The second-order valence-electron chi connectivity index (χ2n) is 6.88. The number of nitrogens with zero attached hydrogens (tertiary/aromatic N) is 1. The van der Waals surface area contributed by atoms with E-state index >= 15 is 0 Å². The summed E-state index contributed by atoms with van der Waals surface area (Å²) < 4.78 is 0. The first-order chi connectivity index (χ1) is 12.7. The molecule has 0 unspecified atom stereocenters. The predicted molar refractivity (Wildman–Crippen MR) is 111 cm³/mol. The fourth-order valence-corrected chi connectivity index (χ4v) is 3.55. The summed E-state index contributed by atoms with van der Waals surface area (Å²) >= 11 is 0. The number of amides is 2. The molecule has 1 heterocycles. The Kier molecular flexibility index (Phi) is 8.07. The molecule has 3 N–H and O–H groups in total. The fourth-order valence-electron chi connectivity index (χ4n) is 3.55. The minimum atomic E-state index is 0. The van der Waals surface area contributed by atoms with Crippen molar-refractivity contribution >= 4 is 35.0 Å². The maximum Gasteiger partial charge on any atom is 0.254 e. The van der Waals surface area contributed by atoms with E-state index in [1.54, 1.807) is 0 Å². The number of piperidine rings is 1. The smallest absolute Gasteiger partial charge is 0.254 e. The molecule has 2 aromatic rings. The largest absolute Gasteiger partial charge is 0.356 e. The quantitative estimate of drug-likeness (QED) is 0.746. The lowest BCUT2D eigenvalue weighted by Crippen LogP contribution is -2.43. The number of carbonyl (C=O) groups excluding carboxylic acids is 2. The van der Waals surface area contributed by atoms with Crippen molar-refractivity contribution in [3.8, 4) is 0 Å². The first kappa shape index (κ1) is 21.2. The minimum Gasteiger partial charge on any atom is -0.356 e. The van der Waals surface area contributed by atoms with E-state index in [-0.39, 0.29) is 30.1 Å². The van der Waals surface area contributed by atoms with E-state index in [1.807, 2.05) is 47.4 Å². The van der Waals surface area contributed by atoms with Crippen LogP contribution in [0.2, 0.25) is 0 Å². The highest BCUT2D eigenvalue weighted by Gasteiger charge is 2.28. The van der Waals surface area contributed by atoms with Gasteiger partial charge in [0.1, 0.15) is 0 Å². The van der Waals surface area contributed by atoms with Gasteiger partial charge in [0.2, 0.25) is 5.91 Å². The molecule has 1 fully saturated rings. The van der Waals surface area contributed by atoms with E-state index in [0.717, 1.165) is 42.0 Å². The van der Waals surface area contributed by atoms with Gasteiger partial charge in [0.15, 0.2) is 0 Å². The monoisotopic (exact) mass is 389 g/mol. The third kappa shape index (κ3) is 5.21. The number of hydrogen-bond donors (Lipinski definition) is 2. The normalized spacial score (nSPS) is 14.6. The predicted octanol–water partition coefficient (Wildman–Crippen LogP) is 2.97. The molecule has 0 aromatic heterocycles. The first-order valence-electron chi connectivity index (χ1n) is 9.45. The maximum atomic E-state index is 12.9. The number of carbonyl (C=O) groups is 2. The summed E-state index contributed by atoms with van der Waals surface area (Å²) in [7, 11) is 0. The molecule has 0 bridgehead atoms. The number of unbranched alkanes of at least 4 members (excludes halogenated alkanes) is 1. The molecule has 2 amide bonds. The fraction of sp³-hybridized carbons (Fsp3) is 0.429. The SMILES string of the molecule is Cl.NCCCCNC(=O)C1CCN(C(=O)c2cccc3ccccc23)CC1. The Morgan fingerprint density at radius 1 is 1.04 bits per heavy atom. The van der Waals surface area contributed by atoms with Crippen LogP contribution in [0.5, 0.6) is 0 Å². The van der Waals surface area contributed by atoms with Crippen molar-refractivity contribution in [2.75, 3.05) is 26.2 Å². The highest BCUT2D eigenvalue weighted by molar-refractivity contribution is 6.07. The van der Waals surface area contributed by atoms with Crippen LogP contribution in [0.25, 0.3) is 10.8 Å². The summed E-state index contributed by atoms with van der Waals surface area (Å²) in [6, 6.07) is 13.8. The number of nitrogens with one attached hydrogen (secondary N) is 1. The average Bonchev–Trinajstić information content (AvgIpc) is 2.70. The van der Waals surface area contributed by atoms with Crippen LogP contribution in [0.3, 0.4) is 0 Å². The summed E-state index contributed by atoms with van der Waals surface area (Å²) in [6.07, 6.45) is 3.29. The zero-order chi connectivity index (χ0) is 18.4. The minimum absolute atomic E-state index is 0. The Bertz CT molecular complexity index is 768. The third-order valence-corrected chi connectivity index (χ3v) is 5.10. The van der Waals surface area contributed by atoms with E-state index in [1.165, 1.54) is 0 Å². The van der Waals surface area contributed by atoms with Crippen molar-refractivity contribution in [1.82, 2.24) is 10.2 Å². The first-order valence-corrected chi connectivity index (χ1v) is 9.45. The number of fused-ring (bicyclic) bond motifs is 1.